The fourth-order valence-electron chi connectivity index (χ4n) is 6.15. The lowest BCUT2D eigenvalue weighted by molar-refractivity contribution is -0.0331. The van der Waals surface area contributed by atoms with E-state index in [1.807, 2.05) is 43.0 Å². The number of nitrogens with zero attached hydrogens (tertiary/aromatic N) is 1. The Hall–Kier alpha value is -3.44. The molecule has 1 amide bonds. The number of halogens is 1. The molecule has 1 fully saturated rings. The zero-order chi connectivity index (χ0) is 24.1. The minimum Gasteiger partial charge on any atom is -0.448 e. The highest BCUT2D eigenvalue weighted by molar-refractivity contribution is 5.80. The Labute approximate surface area is 205 Å². The van der Waals surface area contributed by atoms with Crippen molar-refractivity contribution in [3.05, 3.63) is 100 Å². The van der Waals surface area contributed by atoms with Crippen molar-refractivity contribution in [2.45, 2.75) is 38.3 Å². The summed E-state index contributed by atoms with van der Waals surface area (Å²) in [6, 6.07) is 19.5. The fraction of sp³-hybridized carbons (Fsp3) is 0.300. The van der Waals surface area contributed by atoms with E-state index in [2.05, 4.69) is 30.3 Å². The van der Waals surface area contributed by atoms with Crippen molar-refractivity contribution >= 4 is 11.7 Å². The third-order valence-corrected chi connectivity index (χ3v) is 7.56. The van der Waals surface area contributed by atoms with Crippen molar-refractivity contribution in [1.29, 1.82) is 0 Å². The highest BCUT2D eigenvalue weighted by Gasteiger charge is 2.40. The standard InChI is InChI=1S/C30H28FNO3/c1-18-11-21(31)12-19(2)29(18)20-13-22-15-34-16-23(14-20)32(22)30(33)35-17-28-26-9-5-3-7-24(26)25-8-4-6-10-27(25)28/h3-13,22-23,28H,14-17H2,1-2H3. The fourth-order valence-corrected chi connectivity index (χ4v) is 6.15. The Morgan fingerprint density at radius 2 is 1.63 bits per heavy atom. The van der Waals surface area contributed by atoms with Crippen molar-refractivity contribution < 1.29 is 18.7 Å². The second-order valence-corrected chi connectivity index (χ2v) is 9.78. The summed E-state index contributed by atoms with van der Waals surface area (Å²) in [5.74, 6) is -0.188. The monoisotopic (exact) mass is 469 g/mol. The van der Waals surface area contributed by atoms with Crippen LogP contribution in [0.4, 0.5) is 9.18 Å². The summed E-state index contributed by atoms with van der Waals surface area (Å²) < 4.78 is 25.6. The molecule has 2 atom stereocenters. The van der Waals surface area contributed by atoms with Crippen LogP contribution < -0.4 is 0 Å². The maximum Gasteiger partial charge on any atom is 0.410 e. The molecule has 3 aliphatic rings. The van der Waals surface area contributed by atoms with Crippen LogP contribution in [0, 0.1) is 19.7 Å². The lowest BCUT2D eigenvalue weighted by Gasteiger charge is -2.44. The first-order valence-electron chi connectivity index (χ1n) is 12.2. The average Bonchev–Trinajstić information content (AvgIpc) is 3.15. The number of benzene rings is 3. The second kappa shape index (κ2) is 8.65. The highest BCUT2D eigenvalue weighted by Crippen LogP contribution is 2.45. The van der Waals surface area contributed by atoms with Gasteiger partial charge >= 0.3 is 6.09 Å². The molecule has 178 valence electrons. The van der Waals surface area contributed by atoms with E-state index < -0.39 is 0 Å². The number of amides is 1. The molecule has 2 unspecified atom stereocenters. The van der Waals surface area contributed by atoms with Crippen LogP contribution in [0.1, 0.15) is 40.2 Å². The quantitative estimate of drug-likeness (QED) is 0.455. The van der Waals surface area contributed by atoms with Crippen molar-refractivity contribution in [1.82, 2.24) is 4.90 Å². The molecule has 2 heterocycles. The number of ether oxygens (including phenoxy) is 2. The summed E-state index contributed by atoms with van der Waals surface area (Å²) in [4.78, 5) is 15.2. The lowest BCUT2D eigenvalue weighted by Crippen LogP contribution is -2.56. The van der Waals surface area contributed by atoms with E-state index in [4.69, 9.17) is 9.47 Å². The van der Waals surface area contributed by atoms with Crippen molar-refractivity contribution in [2.24, 2.45) is 0 Å². The molecule has 35 heavy (non-hydrogen) atoms. The Morgan fingerprint density at radius 3 is 2.26 bits per heavy atom. The number of carbonyl (C=O) groups is 1. The van der Waals surface area contributed by atoms with Gasteiger partial charge in [0.05, 0.1) is 25.3 Å². The summed E-state index contributed by atoms with van der Waals surface area (Å²) in [5, 5.41) is 0. The normalized spacial score (nSPS) is 20.8. The van der Waals surface area contributed by atoms with Gasteiger partial charge in [-0.05, 0) is 76.9 Å². The van der Waals surface area contributed by atoms with Crippen molar-refractivity contribution in [2.75, 3.05) is 19.8 Å². The molecule has 2 bridgehead atoms. The maximum atomic E-state index is 13.9. The number of aryl methyl sites for hydroxylation is 2. The van der Waals surface area contributed by atoms with E-state index in [0.29, 0.717) is 26.2 Å². The number of carbonyl (C=O) groups excluding carboxylic acids is 1. The van der Waals surface area contributed by atoms with E-state index in [1.54, 1.807) is 12.1 Å². The molecule has 4 nitrogen and oxygen atoms in total. The van der Waals surface area contributed by atoms with Gasteiger partial charge < -0.3 is 9.47 Å². The minimum atomic E-state index is -0.298. The molecule has 3 aromatic rings. The van der Waals surface area contributed by atoms with E-state index in [-0.39, 0.29) is 29.9 Å². The lowest BCUT2D eigenvalue weighted by atomic mass is 9.86. The van der Waals surface area contributed by atoms with E-state index >= 15 is 0 Å². The average molecular weight is 470 g/mol. The van der Waals surface area contributed by atoms with Crippen molar-refractivity contribution in [3.63, 3.8) is 0 Å². The number of hydrogen-bond donors (Lipinski definition) is 0. The molecule has 0 radical (unpaired) electrons. The van der Waals surface area contributed by atoms with Gasteiger partial charge in [-0.3, -0.25) is 4.90 Å². The van der Waals surface area contributed by atoms with Crippen LogP contribution in [-0.2, 0) is 9.47 Å². The molecule has 0 spiro atoms. The highest BCUT2D eigenvalue weighted by atomic mass is 19.1. The molecule has 5 heteroatoms. The van der Waals surface area contributed by atoms with Crippen LogP contribution in [-0.4, -0.2) is 42.9 Å². The van der Waals surface area contributed by atoms with Crippen LogP contribution in [0.3, 0.4) is 0 Å². The zero-order valence-electron chi connectivity index (χ0n) is 20.0. The number of fused-ring (bicyclic) bond motifs is 5. The van der Waals surface area contributed by atoms with Gasteiger partial charge in [0.15, 0.2) is 0 Å². The third kappa shape index (κ3) is 3.75. The summed E-state index contributed by atoms with van der Waals surface area (Å²) in [5.41, 5.74) is 8.90. The van der Waals surface area contributed by atoms with Gasteiger partial charge in [0.1, 0.15) is 12.4 Å². The Kier molecular flexibility index (Phi) is 5.45. The van der Waals surface area contributed by atoms with Gasteiger partial charge in [0.25, 0.3) is 0 Å². The van der Waals surface area contributed by atoms with Crippen LogP contribution >= 0.6 is 0 Å². The van der Waals surface area contributed by atoms with Gasteiger partial charge in [0, 0.05) is 5.92 Å². The topological polar surface area (TPSA) is 38.8 Å². The number of rotatable bonds is 3. The predicted molar refractivity (Wildman–Crippen MR) is 134 cm³/mol. The number of morpholine rings is 1. The molecule has 2 aliphatic heterocycles. The summed E-state index contributed by atoms with van der Waals surface area (Å²) in [7, 11) is 0. The smallest absolute Gasteiger partial charge is 0.410 e. The van der Waals surface area contributed by atoms with Crippen molar-refractivity contribution in [3.8, 4) is 11.1 Å². The Morgan fingerprint density at radius 1 is 1.00 bits per heavy atom. The minimum absolute atomic E-state index is 0.0304. The summed E-state index contributed by atoms with van der Waals surface area (Å²) >= 11 is 0. The van der Waals surface area contributed by atoms with Crippen LogP contribution in [0.15, 0.2) is 66.7 Å². The van der Waals surface area contributed by atoms with E-state index in [0.717, 1.165) is 22.3 Å². The molecule has 1 saturated heterocycles. The van der Waals surface area contributed by atoms with Crippen LogP contribution in [0.25, 0.3) is 16.7 Å². The molecule has 1 aliphatic carbocycles. The Bertz CT molecular complexity index is 1280. The van der Waals surface area contributed by atoms with Gasteiger partial charge in [-0.25, -0.2) is 9.18 Å². The summed E-state index contributed by atoms with van der Waals surface area (Å²) in [6.45, 7) is 5.09. The number of hydrogen-bond acceptors (Lipinski definition) is 3. The van der Waals surface area contributed by atoms with E-state index in [9.17, 15) is 9.18 Å². The second-order valence-electron chi connectivity index (χ2n) is 9.78. The van der Waals surface area contributed by atoms with Gasteiger partial charge in [-0.2, -0.15) is 0 Å². The van der Waals surface area contributed by atoms with Gasteiger partial charge in [0.2, 0.25) is 0 Å². The van der Waals surface area contributed by atoms with Gasteiger partial charge in [-0.1, -0.05) is 54.6 Å². The van der Waals surface area contributed by atoms with Crippen LogP contribution in [0.2, 0.25) is 0 Å². The maximum absolute atomic E-state index is 13.9. The molecular formula is C30H28FNO3. The molecule has 6 rings (SSSR count). The first-order valence-corrected chi connectivity index (χ1v) is 12.2. The zero-order valence-corrected chi connectivity index (χ0v) is 20.0. The van der Waals surface area contributed by atoms with Crippen LogP contribution in [0.5, 0.6) is 0 Å². The molecular weight excluding hydrogens is 441 g/mol. The first kappa shape index (κ1) is 22.1. The predicted octanol–water partition coefficient (Wildman–Crippen LogP) is 6.25. The summed E-state index contributed by atoms with van der Waals surface area (Å²) in [6.07, 6.45) is 2.46. The molecule has 0 saturated carbocycles. The van der Waals surface area contributed by atoms with E-state index in [1.165, 1.54) is 22.3 Å². The molecule has 0 N–H and O–H groups in total. The molecule has 0 aromatic heterocycles. The first-order chi connectivity index (χ1) is 17.0. The third-order valence-electron chi connectivity index (χ3n) is 7.56. The largest absolute Gasteiger partial charge is 0.448 e. The SMILES string of the molecule is Cc1cc(F)cc(C)c1C1=CC2COCC(C1)N2C(=O)OCC1c2ccccc2-c2ccccc21. The molecule has 3 aromatic carbocycles. The Balaban J connectivity index is 1.24. The van der Waals surface area contributed by atoms with Gasteiger partial charge in [-0.15, -0.1) is 0 Å².